The van der Waals surface area contributed by atoms with Crippen molar-refractivity contribution in [2.24, 2.45) is 0 Å². The van der Waals surface area contributed by atoms with Crippen LogP contribution in [0, 0.1) is 0 Å². The first-order chi connectivity index (χ1) is 11.4. The van der Waals surface area contributed by atoms with Gasteiger partial charge in [0.15, 0.2) is 0 Å². The van der Waals surface area contributed by atoms with Crippen molar-refractivity contribution < 1.29 is 18.3 Å². The number of aromatic carboxylic acids is 1. The fourth-order valence-corrected chi connectivity index (χ4v) is 3.86. The number of hydrogen-bond acceptors (Lipinski definition) is 3. The van der Waals surface area contributed by atoms with Crippen LogP contribution in [-0.2, 0) is 10.0 Å². The number of rotatable bonds is 4. The third-order valence-electron chi connectivity index (χ3n) is 3.50. The maximum absolute atomic E-state index is 12.7. The van der Waals surface area contributed by atoms with Crippen LogP contribution in [0.1, 0.15) is 10.4 Å². The van der Waals surface area contributed by atoms with Crippen molar-refractivity contribution in [2.75, 3.05) is 4.72 Å². The average Bonchev–Trinajstić information content (AvgIpc) is 2.55. The Bertz CT molecular complexity index is 1030. The number of benzene rings is 3. The summed E-state index contributed by atoms with van der Waals surface area (Å²) < 4.78 is 27.8. The van der Waals surface area contributed by atoms with Crippen LogP contribution in [-0.4, -0.2) is 19.5 Å². The molecule has 0 unspecified atom stereocenters. The molecular formula is C17H12ClNO4S. The second kappa shape index (κ2) is 6.14. The third kappa shape index (κ3) is 3.06. The van der Waals surface area contributed by atoms with Crippen LogP contribution >= 0.6 is 11.6 Å². The molecule has 122 valence electrons. The van der Waals surface area contributed by atoms with E-state index >= 15 is 0 Å². The molecule has 7 heteroatoms. The van der Waals surface area contributed by atoms with Crippen molar-refractivity contribution in [3.05, 3.63) is 71.2 Å². The fourth-order valence-electron chi connectivity index (χ4n) is 2.36. The van der Waals surface area contributed by atoms with Gasteiger partial charge in [-0.25, -0.2) is 13.2 Å². The van der Waals surface area contributed by atoms with E-state index in [0.717, 1.165) is 0 Å². The number of carboxylic acid groups (broad SMARTS) is 1. The monoisotopic (exact) mass is 361 g/mol. The molecule has 24 heavy (non-hydrogen) atoms. The van der Waals surface area contributed by atoms with Crippen molar-refractivity contribution in [3.8, 4) is 0 Å². The lowest BCUT2D eigenvalue weighted by molar-refractivity contribution is 0.0697. The summed E-state index contributed by atoms with van der Waals surface area (Å²) in [6.45, 7) is 0. The standard InChI is InChI=1S/C17H12ClNO4S/c18-15-9-10-16(14-4-2-1-3-13(14)15)24(22,23)19-12-7-5-11(6-8-12)17(20)21/h1-10,19H,(H,20,21). The minimum absolute atomic E-state index is 0.0786. The normalized spacial score (nSPS) is 11.4. The first kappa shape index (κ1) is 16.3. The molecule has 0 atom stereocenters. The quantitative estimate of drug-likeness (QED) is 0.735. The predicted molar refractivity (Wildman–Crippen MR) is 93.2 cm³/mol. The van der Waals surface area contributed by atoms with Gasteiger partial charge in [-0.3, -0.25) is 4.72 Å². The second-order valence-electron chi connectivity index (χ2n) is 5.08. The minimum Gasteiger partial charge on any atom is -0.478 e. The average molecular weight is 362 g/mol. The molecule has 0 heterocycles. The number of hydrogen-bond donors (Lipinski definition) is 2. The molecule has 3 aromatic rings. The summed E-state index contributed by atoms with van der Waals surface area (Å²) in [6.07, 6.45) is 0. The number of fused-ring (bicyclic) bond motifs is 1. The zero-order valence-corrected chi connectivity index (χ0v) is 13.8. The molecule has 0 saturated carbocycles. The molecule has 3 aromatic carbocycles. The summed E-state index contributed by atoms with van der Waals surface area (Å²) in [5.74, 6) is -1.08. The Morgan fingerprint density at radius 2 is 1.54 bits per heavy atom. The van der Waals surface area contributed by atoms with E-state index in [9.17, 15) is 13.2 Å². The molecule has 0 aliphatic carbocycles. The molecule has 0 saturated heterocycles. The van der Waals surface area contributed by atoms with Gasteiger partial charge in [-0.15, -0.1) is 0 Å². The van der Waals surface area contributed by atoms with Crippen LogP contribution in [0.5, 0.6) is 0 Å². The van der Waals surface area contributed by atoms with Crippen molar-refractivity contribution in [1.29, 1.82) is 0 Å². The van der Waals surface area contributed by atoms with Crippen LogP contribution < -0.4 is 4.72 Å². The predicted octanol–water partition coefficient (Wildman–Crippen LogP) is 3.99. The summed E-state index contributed by atoms with van der Waals surface area (Å²) in [6, 6.07) is 15.4. The topological polar surface area (TPSA) is 83.5 Å². The Kier molecular flexibility index (Phi) is 4.17. The lowest BCUT2D eigenvalue weighted by atomic mass is 10.1. The molecule has 3 rings (SSSR count). The number of nitrogens with one attached hydrogen (secondary N) is 1. The Balaban J connectivity index is 2.02. The molecule has 0 spiro atoms. The highest BCUT2D eigenvalue weighted by atomic mass is 35.5. The molecule has 0 bridgehead atoms. The molecule has 0 aliphatic heterocycles. The maximum Gasteiger partial charge on any atom is 0.335 e. The van der Waals surface area contributed by atoms with Crippen LogP contribution in [0.3, 0.4) is 0 Å². The van der Waals surface area contributed by atoms with Gasteiger partial charge in [-0.05, 0) is 36.4 Å². The van der Waals surface area contributed by atoms with Crippen LogP contribution in [0.2, 0.25) is 5.02 Å². The van der Waals surface area contributed by atoms with Gasteiger partial charge in [0.05, 0.1) is 10.5 Å². The molecule has 0 fully saturated rings. The maximum atomic E-state index is 12.7. The van der Waals surface area contributed by atoms with Gasteiger partial charge in [0.25, 0.3) is 10.0 Å². The molecule has 2 N–H and O–H groups in total. The van der Waals surface area contributed by atoms with Crippen LogP contribution in [0.15, 0.2) is 65.6 Å². The van der Waals surface area contributed by atoms with Gasteiger partial charge >= 0.3 is 5.97 Å². The van der Waals surface area contributed by atoms with E-state index in [1.54, 1.807) is 24.3 Å². The lowest BCUT2D eigenvalue weighted by Gasteiger charge is -2.11. The van der Waals surface area contributed by atoms with Gasteiger partial charge in [0.1, 0.15) is 0 Å². The van der Waals surface area contributed by atoms with Crippen LogP contribution in [0.4, 0.5) is 5.69 Å². The summed E-state index contributed by atoms with van der Waals surface area (Å²) in [7, 11) is -3.85. The van der Waals surface area contributed by atoms with Crippen molar-refractivity contribution in [3.63, 3.8) is 0 Å². The van der Waals surface area contributed by atoms with Gasteiger partial charge in [-0.2, -0.15) is 0 Å². The van der Waals surface area contributed by atoms with Crippen molar-refractivity contribution >= 4 is 44.1 Å². The van der Waals surface area contributed by atoms with E-state index in [2.05, 4.69) is 4.72 Å². The first-order valence-electron chi connectivity index (χ1n) is 6.92. The van der Waals surface area contributed by atoms with Gasteiger partial charge < -0.3 is 5.11 Å². The van der Waals surface area contributed by atoms with Gasteiger partial charge in [0.2, 0.25) is 0 Å². The van der Waals surface area contributed by atoms with E-state index in [4.69, 9.17) is 16.7 Å². The van der Waals surface area contributed by atoms with Crippen molar-refractivity contribution in [2.45, 2.75) is 4.90 Å². The van der Waals surface area contributed by atoms with Crippen LogP contribution in [0.25, 0.3) is 10.8 Å². The van der Waals surface area contributed by atoms with E-state index in [0.29, 0.717) is 15.8 Å². The van der Waals surface area contributed by atoms with Gasteiger partial charge in [-0.1, -0.05) is 35.9 Å². The van der Waals surface area contributed by atoms with E-state index in [1.807, 2.05) is 0 Å². The summed E-state index contributed by atoms with van der Waals surface area (Å²) in [5, 5.41) is 10.5. The molecular weight excluding hydrogens is 350 g/mol. The van der Waals surface area contributed by atoms with E-state index in [1.165, 1.54) is 36.4 Å². The highest BCUT2D eigenvalue weighted by Crippen LogP contribution is 2.30. The van der Waals surface area contributed by atoms with Crippen molar-refractivity contribution in [1.82, 2.24) is 0 Å². The molecule has 5 nitrogen and oxygen atoms in total. The highest BCUT2D eigenvalue weighted by Gasteiger charge is 2.18. The Morgan fingerprint density at radius 3 is 2.17 bits per heavy atom. The Morgan fingerprint density at radius 1 is 0.917 bits per heavy atom. The Labute approximate surface area is 143 Å². The summed E-state index contributed by atoms with van der Waals surface area (Å²) >= 11 is 6.12. The molecule has 0 amide bonds. The molecule has 0 aromatic heterocycles. The lowest BCUT2D eigenvalue weighted by Crippen LogP contribution is -2.13. The zero-order chi connectivity index (χ0) is 17.3. The fraction of sp³-hybridized carbons (Fsp3) is 0. The number of carboxylic acids is 1. The van der Waals surface area contributed by atoms with E-state index < -0.39 is 16.0 Å². The number of anilines is 1. The molecule has 0 aliphatic rings. The minimum atomic E-state index is -3.85. The third-order valence-corrected chi connectivity index (χ3v) is 5.27. The largest absolute Gasteiger partial charge is 0.478 e. The SMILES string of the molecule is O=C(O)c1ccc(NS(=O)(=O)c2ccc(Cl)c3ccccc23)cc1. The number of sulfonamides is 1. The highest BCUT2D eigenvalue weighted by molar-refractivity contribution is 7.93. The Hall–Kier alpha value is -2.57. The zero-order valence-electron chi connectivity index (χ0n) is 12.2. The van der Waals surface area contributed by atoms with E-state index in [-0.39, 0.29) is 16.1 Å². The first-order valence-corrected chi connectivity index (χ1v) is 8.78. The molecule has 0 radical (unpaired) electrons. The summed E-state index contributed by atoms with van der Waals surface area (Å²) in [5.41, 5.74) is 0.355. The number of halogens is 1. The van der Waals surface area contributed by atoms with Gasteiger partial charge in [0, 0.05) is 21.5 Å². The summed E-state index contributed by atoms with van der Waals surface area (Å²) in [4.78, 5) is 10.9. The second-order valence-corrected chi connectivity index (χ2v) is 7.14. The smallest absolute Gasteiger partial charge is 0.335 e. The number of carbonyl (C=O) groups is 1.